The summed E-state index contributed by atoms with van der Waals surface area (Å²) in [7, 11) is 0. The molecule has 5 nitrogen and oxygen atoms in total. The zero-order valence-electron chi connectivity index (χ0n) is 10.7. The molecular weight excluding hydrogens is 226 g/mol. The molecular formula is C13H19N5. The van der Waals surface area contributed by atoms with E-state index in [1.807, 2.05) is 22.9 Å². The fourth-order valence-electron chi connectivity index (χ4n) is 2.83. The summed E-state index contributed by atoms with van der Waals surface area (Å²) >= 11 is 0. The lowest BCUT2D eigenvalue weighted by Crippen LogP contribution is -2.45. The topological polar surface area (TPSA) is 59.5 Å². The van der Waals surface area contributed by atoms with Crippen molar-refractivity contribution in [2.24, 2.45) is 11.7 Å². The van der Waals surface area contributed by atoms with Crippen LogP contribution in [0.25, 0.3) is 5.78 Å². The lowest BCUT2D eigenvalue weighted by molar-refractivity contribution is 0.157. The van der Waals surface area contributed by atoms with Crippen molar-refractivity contribution in [1.29, 1.82) is 0 Å². The van der Waals surface area contributed by atoms with Crippen LogP contribution in [-0.4, -0.2) is 38.4 Å². The summed E-state index contributed by atoms with van der Waals surface area (Å²) in [5.41, 5.74) is 7.13. The van der Waals surface area contributed by atoms with E-state index in [9.17, 15) is 0 Å². The van der Waals surface area contributed by atoms with Gasteiger partial charge in [-0.05, 0) is 18.4 Å². The number of piperidine rings is 1. The molecule has 3 rings (SSSR count). The van der Waals surface area contributed by atoms with Gasteiger partial charge in [0, 0.05) is 44.3 Å². The van der Waals surface area contributed by atoms with E-state index in [1.165, 1.54) is 0 Å². The molecule has 0 radical (unpaired) electrons. The molecule has 0 saturated carbocycles. The van der Waals surface area contributed by atoms with E-state index in [-0.39, 0.29) is 0 Å². The summed E-state index contributed by atoms with van der Waals surface area (Å²) in [5, 5.41) is 0. The summed E-state index contributed by atoms with van der Waals surface area (Å²) in [6.07, 6.45) is 6.92. The highest BCUT2D eigenvalue weighted by Gasteiger charge is 2.22. The first kappa shape index (κ1) is 11.6. The number of hydrogen-bond acceptors (Lipinski definition) is 4. The lowest BCUT2D eigenvalue weighted by atomic mass is 9.96. The number of aromatic nitrogens is 3. The van der Waals surface area contributed by atoms with E-state index >= 15 is 0 Å². The molecule has 0 bridgehead atoms. The van der Waals surface area contributed by atoms with Crippen LogP contribution in [0.4, 0.5) is 0 Å². The average molecular weight is 245 g/mol. The Labute approximate surface area is 107 Å². The van der Waals surface area contributed by atoms with Gasteiger partial charge in [-0.15, -0.1) is 0 Å². The zero-order valence-corrected chi connectivity index (χ0v) is 10.7. The monoisotopic (exact) mass is 245 g/mol. The van der Waals surface area contributed by atoms with Crippen LogP contribution in [-0.2, 0) is 6.54 Å². The van der Waals surface area contributed by atoms with Gasteiger partial charge in [0.1, 0.15) is 0 Å². The van der Waals surface area contributed by atoms with Crippen LogP contribution in [0.5, 0.6) is 0 Å². The molecule has 96 valence electrons. The van der Waals surface area contributed by atoms with Gasteiger partial charge in [0.05, 0.1) is 5.69 Å². The van der Waals surface area contributed by atoms with Gasteiger partial charge in [0.15, 0.2) is 0 Å². The molecule has 2 N–H and O–H groups in total. The van der Waals surface area contributed by atoms with Crippen LogP contribution in [0.1, 0.15) is 19.0 Å². The van der Waals surface area contributed by atoms with Gasteiger partial charge in [0.2, 0.25) is 5.78 Å². The van der Waals surface area contributed by atoms with Gasteiger partial charge >= 0.3 is 0 Å². The predicted molar refractivity (Wildman–Crippen MR) is 70.0 cm³/mol. The molecule has 2 unspecified atom stereocenters. The van der Waals surface area contributed by atoms with Crippen molar-refractivity contribution in [3.8, 4) is 0 Å². The third kappa shape index (κ3) is 2.37. The number of rotatable bonds is 2. The Bertz CT molecular complexity index is 492. The molecule has 18 heavy (non-hydrogen) atoms. The Morgan fingerprint density at radius 1 is 1.44 bits per heavy atom. The van der Waals surface area contributed by atoms with Gasteiger partial charge in [-0.25, -0.2) is 9.97 Å². The van der Waals surface area contributed by atoms with Crippen molar-refractivity contribution >= 4 is 5.78 Å². The SMILES string of the molecule is CC1CC(N)CN(Cc2cn3cccnc3n2)C1. The van der Waals surface area contributed by atoms with Crippen molar-refractivity contribution in [3.05, 3.63) is 30.4 Å². The van der Waals surface area contributed by atoms with Gasteiger partial charge in [-0.1, -0.05) is 6.92 Å². The standard InChI is InChI=1S/C13H19N5/c1-10-5-11(14)7-17(6-10)8-12-9-18-4-2-3-15-13(18)16-12/h2-4,9-11H,5-8,14H2,1H3. The first-order valence-corrected chi connectivity index (χ1v) is 6.47. The van der Waals surface area contributed by atoms with Crippen molar-refractivity contribution in [2.75, 3.05) is 13.1 Å². The first-order chi connectivity index (χ1) is 8.70. The first-order valence-electron chi connectivity index (χ1n) is 6.47. The summed E-state index contributed by atoms with van der Waals surface area (Å²) < 4.78 is 1.96. The fourth-order valence-corrected chi connectivity index (χ4v) is 2.83. The van der Waals surface area contributed by atoms with Gasteiger partial charge in [-0.3, -0.25) is 9.30 Å². The zero-order chi connectivity index (χ0) is 12.5. The van der Waals surface area contributed by atoms with Crippen LogP contribution >= 0.6 is 0 Å². The minimum Gasteiger partial charge on any atom is -0.327 e. The summed E-state index contributed by atoms with van der Waals surface area (Å²) in [5.74, 6) is 1.44. The van der Waals surface area contributed by atoms with E-state index < -0.39 is 0 Å². The van der Waals surface area contributed by atoms with E-state index in [2.05, 4.69) is 21.8 Å². The molecule has 1 aliphatic rings. The predicted octanol–water partition coefficient (Wildman–Crippen LogP) is 0.898. The second-order valence-electron chi connectivity index (χ2n) is 5.35. The van der Waals surface area contributed by atoms with E-state index in [0.717, 1.165) is 37.5 Å². The number of likely N-dealkylation sites (tertiary alicyclic amines) is 1. The highest BCUT2D eigenvalue weighted by molar-refractivity contribution is 5.29. The van der Waals surface area contributed by atoms with Gasteiger partial charge in [0.25, 0.3) is 0 Å². The van der Waals surface area contributed by atoms with Crippen molar-refractivity contribution in [3.63, 3.8) is 0 Å². The van der Waals surface area contributed by atoms with Gasteiger partial charge < -0.3 is 5.73 Å². The Kier molecular flexibility index (Phi) is 3.01. The Hall–Kier alpha value is -1.46. The maximum atomic E-state index is 6.06. The number of hydrogen-bond donors (Lipinski definition) is 1. The third-order valence-electron chi connectivity index (χ3n) is 3.44. The van der Waals surface area contributed by atoms with E-state index in [4.69, 9.17) is 5.73 Å². The quantitative estimate of drug-likeness (QED) is 0.854. The Balaban J connectivity index is 1.75. The maximum absolute atomic E-state index is 6.06. The fraction of sp³-hybridized carbons (Fsp3) is 0.538. The Morgan fingerprint density at radius 2 is 2.33 bits per heavy atom. The van der Waals surface area contributed by atoms with E-state index in [1.54, 1.807) is 6.20 Å². The van der Waals surface area contributed by atoms with Crippen LogP contribution in [0.15, 0.2) is 24.7 Å². The van der Waals surface area contributed by atoms with Crippen molar-refractivity contribution < 1.29 is 0 Å². The molecule has 2 aromatic heterocycles. The molecule has 1 saturated heterocycles. The summed E-state index contributed by atoms with van der Waals surface area (Å²) in [4.78, 5) is 11.1. The molecule has 1 aliphatic heterocycles. The molecule has 0 amide bonds. The minimum absolute atomic E-state index is 0.295. The third-order valence-corrected chi connectivity index (χ3v) is 3.44. The lowest BCUT2D eigenvalue weighted by Gasteiger charge is -2.34. The van der Waals surface area contributed by atoms with Crippen LogP contribution in [0, 0.1) is 5.92 Å². The minimum atomic E-state index is 0.295. The highest BCUT2D eigenvalue weighted by Crippen LogP contribution is 2.17. The van der Waals surface area contributed by atoms with Crippen molar-refractivity contribution in [2.45, 2.75) is 25.9 Å². The second-order valence-corrected chi connectivity index (χ2v) is 5.35. The number of fused-ring (bicyclic) bond motifs is 1. The highest BCUT2D eigenvalue weighted by atomic mass is 15.2. The average Bonchev–Trinajstić information content (AvgIpc) is 2.69. The van der Waals surface area contributed by atoms with E-state index in [0.29, 0.717) is 12.0 Å². The molecule has 2 aromatic rings. The molecule has 5 heteroatoms. The number of imidazole rings is 1. The maximum Gasteiger partial charge on any atom is 0.233 e. The molecule has 0 aromatic carbocycles. The smallest absolute Gasteiger partial charge is 0.233 e. The molecule has 0 aliphatic carbocycles. The van der Waals surface area contributed by atoms with Crippen molar-refractivity contribution in [1.82, 2.24) is 19.3 Å². The van der Waals surface area contributed by atoms with Gasteiger partial charge in [-0.2, -0.15) is 0 Å². The molecule has 0 spiro atoms. The van der Waals surface area contributed by atoms with Crippen LogP contribution in [0.2, 0.25) is 0 Å². The summed E-state index contributed by atoms with van der Waals surface area (Å²) in [6.45, 7) is 5.19. The number of nitrogens with two attached hydrogens (primary N) is 1. The molecule has 3 heterocycles. The normalized spacial score (nSPS) is 25.7. The molecule has 2 atom stereocenters. The van der Waals surface area contributed by atoms with Crippen LogP contribution in [0.3, 0.4) is 0 Å². The molecule has 1 fully saturated rings. The number of nitrogens with zero attached hydrogens (tertiary/aromatic N) is 4. The van der Waals surface area contributed by atoms with Crippen LogP contribution < -0.4 is 5.73 Å². The Morgan fingerprint density at radius 3 is 3.11 bits per heavy atom. The largest absolute Gasteiger partial charge is 0.327 e. The summed E-state index contributed by atoms with van der Waals surface area (Å²) in [6, 6.07) is 2.21. The second kappa shape index (κ2) is 4.66.